The van der Waals surface area contributed by atoms with Gasteiger partial charge in [-0.05, 0) is 48.2 Å². The second kappa shape index (κ2) is 7.60. The monoisotopic (exact) mass is 352 g/mol. The van der Waals surface area contributed by atoms with Crippen LogP contribution in [0.2, 0.25) is 0 Å². The summed E-state index contributed by atoms with van der Waals surface area (Å²) in [6.45, 7) is 0.618. The van der Waals surface area contributed by atoms with Crippen molar-refractivity contribution in [3.8, 4) is 16.9 Å². The molecule has 2 amide bonds. The molecule has 26 heavy (non-hydrogen) atoms. The summed E-state index contributed by atoms with van der Waals surface area (Å²) in [5.41, 5.74) is 2.54. The number of hydrogen-bond acceptors (Lipinski definition) is 3. The SMILES string of the molecule is COc1cccc(-c2cccc(C(=O)N3CCCC3C(=O)N(C)C)c2)c1. The van der Waals surface area contributed by atoms with Gasteiger partial charge in [0, 0.05) is 26.2 Å². The van der Waals surface area contributed by atoms with Crippen LogP contribution in [-0.4, -0.2) is 55.4 Å². The van der Waals surface area contributed by atoms with Crippen molar-refractivity contribution in [2.45, 2.75) is 18.9 Å². The fourth-order valence-electron chi connectivity index (χ4n) is 3.36. The molecule has 2 aromatic rings. The number of rotatable bonds is 4. The van der Waals surface area contributed by atoms with Crippen LogP contribution in [0, 0.1) is 0 Å². The Hall–Kier alpha value is -2.82. The molecule has 0 N–H and O–H groups in total. The molecule has 0 bridgehead atoms. The molecule has 1 aliphatic heterocycles. The van der Waals surface area contributed by atoms with Gasteiger partial charge in [0.15, 0.2) is 0 Å². The first-order chi connectivity index (χ1) is 12.5. The average Bonchev–Trinajstić information content (AvgIpc) is 3.16. The fraction of sp³-hybridized carbons (Fsp3) is 0.333. The Labute approximate surface area is 154 Å². The minimum absolute atomic E-state index is 0.0141. The Balaban J connectivity index is 1.87. The summed E-state index contributed by atoms with van der Waals surface area (Å²) in [7, 11) is 5.09. The highest BCUT2D eigenvalue weighted by Crippen LogP contribution is 2.26. The van der Waals surface area contributed by atoms with Gasteiger partial charge in [-0.2, -0.15) is 0 Å². The standard InChI is InChI=1S/C21H24N2O3/c1-22(2)21(25)19-11-6-12-23(19)20(24)17-9-4-7-15(13-17)16-8-5-10-18(14-16)26-3/h4-5,7-10,13-14,19H,6,11-12H2,1-3H3. The number of likely N-dealkylation sites (tertiary alicyclic amines) is 1. The number of ether oxygens (including phenoxy) is 1. The first-order valence-electron chi connectivity index (χ1n) is 8.78. The maximum Gasteiger partial charge on any atom is 0.254 e. The normalized spacial score (nSPS) is 16.4. The molecule has 1 unspecified atom stereocenters. The van der Waals surface area contributed by atoms with E-state index in [4.69, 9.17) is 4.74 Å². The Morgan fingerprint density at radius 2 is 1.77 bits per heavy atom. The third-order valence-corrected chi connectivity index (χ3v) is 4.75. The number of carbonyl (C=O) groups is 2. The van der Waals surface area contributed by atoms with Crippen LogP contribution in [0.15, 0.2) is 48.5 Å². The quantitative estimate of drug-likeness (QED) is 0.850. The highest BCUT2D eigenvalue weighted by molar-refractivity contribution is 5.98. The summed E-state index contributed by atoms with van der Waals surface area (Å²) in [6.07, 6.45) is 1.57. The highest BCUT2D eigenvalue weighted by Gasteiger charge is 2.35. The number of benzene rings is 2. The summed E-state index contributed by atoms with van der Waals surface area (Å²) >= 11 is 0. The molecule has 1 atom stereocenters. The third-order valence-electron chi connectivity index (χ3n) is 4.75. The lowest BCUT2D eigenvalue weighted by Gasteiger charge is -2.26. The van der Waals surface area contributed by atoms with Gasteiger partial charge in [0.05, 0.1) is 7.11 Å². The first kappa shape index (κ1) is 18.0. The number of nitrogens with zero attached hydrogens (tertiary/aromatic N) is 2. The van der Waals surface area contributed by atoms with Crippen LogP contribution in [0.25, 0.3) is 11.1 Å². The van der Waals surface area contributed by atoms with E-state index in [0.717, 1.165) is 29.7 Å². The zero-order chi connectivity index (χ0) is 18.7. The molecule has 2 aromatic carbocycles. The van der Waals surface area contributed by atoms with Gasteiger partial charge < -0.3 is 14.5 Å². The second-order valence-electron chi connectivity index (χ2n) is 6.70. The lowest BCUT2D eigenvalue weighted by Crippen LogP contribution is -2.45. The summed E-state index contributed by atoms with van der Waals surface area (Å²) in [5, 5.41) is 0. The number of likely N-dealkylation sites (N-methyl/N-ethyl adjacent to an activating group) is 1. The Bertz CT molecular complexity index is 816. The fourth-order valence-corrected chi connectivity index (χ4v) is 3.36. The van der Waals surface area contributed by atoms with E-state index in [2.05, 4.69) is 0 Å². The van der Waals surface area contributed by atoms with Gasteiger partial charge in [0.1, 0.15) is 11.8 Å². The van der Waals surface area contributed by atoms with Gasteiger partial charge in [0.2, 0.25) is 5.91 Å². The molecule has 0 radical (unpaired) electrons. The Kier molecular flexibility index (Phi) is 5.26. The molecule has 5 nitrogen and oxygen atoms in total. The summed E-state index contributed by atoms with van der Waals surface area (Å²) in [4.78, 5) is 28.6. The van der Waals surface area contributed by atoms with Crippen molar-refractivity contribution in [1.29, 1.82) is 0 Å². The molecular weight excluding hydrogens is 328 g/mol. The maximum absolute atomic E-state index is 13.0. The molecule has 0 saturated carbocycles. The summed E-state index contributed by atoms with van der Waals surface area (Å²) < 4.78 is 5.28. The molecule has 0 aromatic heterocycles. The zero-order valence-electron chi connectivity index (χ0n) is 15.4. The molecule has 1 heterocycles. The lowest BCUT2D eigenvalue weighted by atomic mass is 10.0. The van der Waals surface area contributed by atoms with Crippen LogP contribution < -0.4 is 4.74 Å². The van der Waals surface area contributed by atoms with Gasteiger partial charge in [-0.25, -0.2) is 0 Å². The van der Waals surface area contributed by atoms with Crippen molar-refractivity contribution >= 4 is 11.8 Å². The van der Waals surface area contributed by atoms with Crippen LogP contribution in [0.1, 0.15) is 23.2 Å². The molecule has 1 saturated heterocycles. The molecule has 5 heteroatoms. The molecule has 3 rings (SSSR count). The van der Waals surface area contributed by atoms with E-state index in [1.165, 1.54) is 0 Å². The van der Waals surface area contributed by atoms with Crippen molar-refractivity contribution in [3.63, 3.8) is 0 Å². The van der Waals surface area contributed by atoms with Crippen LogP contribution in [-0.2, 0) is 4.79 Å². The largest absolute Gasteiger partial charge is 0.497 e. The van der Waals surface area contributed by atoms with E-state index >= 15 is 0 Å². The van der Waals surface area contributed by atoms with Crippen molar-refractivity contribution in [2.75, 3.05) is 27.7 Å². The maximum atomic E-state index is 13.0. The van der Waals surface area contributed by atoms with Gasteiger partial charge in [-0.15, -0.1) is 0 Å². The van der Waals surface area contributed by atoms with Crippen LogP contribution in [0.4, 0.5) is 0 Å². The predicted molar refractivity (Wildman–Crippen MR) is 101 cm³/mol. The Morgan fingerprint density at radius 1 is 1.08 bits per heavy atom. The summed E-state index contributed by atoms with van der Waals surface area (Å²) in [6, 6.07) is 14.9. The molecule has 0 aliphatic carbocycles. The predicted octanol–water partition coefficient (Wildman–Crippen LogP) is 3.06. The number of methoxy groups -OCH3 is 1. The highest BCUT2D eigenvalue weighted by atomic mass is 16.5. The molecular formula is C21H24N2O3. The van der Waals surface area contributed by atoms with E-state index in [1.807, 2.05) is 48.5 Å². The zero-order valence-corrected chi connectivity index (χ0v) is 15.4. The minimum Gasteiger partial charge on any atom is -0.497 e. The van der Waals surface area contributed by atoms with E-state index in [0.29, 0.717) is 12.1 Å². The first-order valence-corrected chi connectivity index (χ1v) is 8.78. The van der Waals surface area contributed by atoms with E-state index in [9.17, 15) is 9.59 Å². The number of hydrogen-bond donors (Lipinski definition) is 0. The molecule has 136 valence electrons. The van der Waals surface area contributed by atoms with E-state index < -0.39 is 0 Å². The van der Waals surface area contributed by atoms with Crippen LogP contribution >= 0.6 is 0 Å². The number of amides is 2. The van der Waals surface area contributed by atoms with Gasteiger partial charge in [-0.1, -0.05) is 24.3 Å². The smallest absolute Gasteiger partial charge is 0.254 e. The summed E-state index contributed by atoms with van der Waals surface area (Å²) in [5.74, 6) is 0.669. The molecule has 1 aliphatic rings. The van der Waals surface area contributed by atoms with E-state index in [-0.39, 0.29) is 17.9 Å². The third kappa shape index (κ3) is 3.57. The van der Waals surface area contributed by atoms with Crippen molar-refractivity contribution in [3.05, 3.63) is 54.1 Å². The van der Waals surface area contributed by atoms with Crippen LogP contribution in [0.3, 0.4) is 0 Å². The average molecular weight is 352 g/mol. The molecule has 1 fully saturated rings. The van der Waals surface area contributed by atoms with E-state index in [1.54, 1.807) is 31.0 Å². The van der Waals surface area contributed by atoms with Crippen molar-refractivity contribution < 1.29 is 14.3 Å². The van der Waals surface area contributed by atoms with Gasteiger partial charge in [-0.3, -0.25) is 9.59 Å². The van der Waals surface area contributed by atoms with Crippen molar-refractivity contribution in [2.24, 2.45) is 0 Å². The van der Waals surface area contributed by atoms with Gasteiger partial charge >= 0.3 is 0 Å². The van der Waals surface area contributed by atoms with Crippen molar-refractivity contribution in [1.82, 2.24) is 9.80 Å². The Morgan fingerprint density at radius 3 is 2.46 bits per heavy atom. The van der Waals surface area contributed by atoms with Gasteiger partial charge in [0.25, 0.3) is 5.91 Å². The second-order valence-corrected chi connectivity index (χ2v) is 6.70. The topological polar surface area (TPSA) is 49.9 Å². The minimum atomic E-state index is -0.363. The number of carbonyl (C=O) groups excluding carboxylic acids is 2. The lowest BCUT2D eigenvalue weighted by molar-refractivity contribution is -0.132. The molecule has 0 spiro atoms. The van der Waals surface area contributed by atoms with Crippen LogP contribution in [0.5, 0.6) is 5.75 Å².